The average molecular weight is 478 g/mol. The zero-order chi connectivity index (χ0) is 24.8. The number of esters is 1. The van der Waals surface area contributed by atoms with Gasteiger partial charge in [-0.05, 0) is 59.9 Å². The molecule has 0 aromatic carbocycles. The molecule has 4 bridgehead atoms. The number of carbonyl (C=O) groups is 2. The predicted molar refractivity (Wildman–Crippen MR) is 126 cm³/mol. The van der Waals surface area contributed by atoms with Gasteiger partial charge in [0.15, 0.2) is 5.78 Å². The Hall–Kier alpha value is -2.61. The monoisotopic (exact) mass is 477 g/mol. The van der Waals surface area contributed by atoms with Crippen molar-refractivity contribution in [3.8, 4) is 0 Å². The summed E-state index contributed by atoms with van der Waals surface area (Å²) in [6, 6.07) is 3.52. The third-order valence-electron chi connectivity index (χ3n) is 9.60. The molecule has 5 fully saturated rings. The second-order valence-electron chi connectivity index (χ2n) is 11.5. The first-order chi connectivity index (χ1) is 16.6. The number of ether oxygens (including phenoxy) is 2. The molecule has 2 saturated heterocycles. The maximum atomic E-state index is 14.0. The Kier molecular flexibility index (Phi) is 4.71. The molecule has 2 spiro atoms. The fourth-order valence-electron chi connectivity index (χ4n) is 8.35. The van der Waals surface area contributed by atoms with E-state index >= 15 is 0 Å². The number of ketones is 1. The summed E-state index contributed by atoms with van der Waals surface area (Å²) in [4.78, 5) is 31.0. The maximum absolute atomic E-state index is 14.0. The number of nitrogens with zero attached hydrogens (tertiary/aromatic N) is 1. The highest BCUT2D eigenvalue weighted by atomic mass is 16.6. The van der Waals surface area contributed by atoms with Crippen LogP contribution < -0.4 is 0 Å². The molecule has 1 aromatic rings. The predicted octanol–water partition coefficient (Wildman–Crippen LogP) is 2.84. The van der Waals surface area contributed by atoms with Gasteiger partial charge in [-0.15, -0.1) is 0 Å². The van der Waals surface area contributed by atoms with E-state index in [2.05, 4.69) is 37.6 Å². The van der Waals surface area contributed by atoms with E-state index in [4.69, 9.17) is 9.47 Å². The van der Waals surface area contributed by atoms with Crippen molar-refractivity contribution in [3.05, 3.63) is 60.5 Å². The van der Waals surface area contributed by atoms with Crippen molar-refractivity contribution in [3.63, 3.8) is 0 Å². The molecule has 35 heavy (non-hydrogen) atoms. The maximum Gasteiger partial charge on any atom is 0.331 e. The molecule has 6 aliphatic rings. The van der Waals surface area contributed by atoms with Crippen molar-refractivity contribution in [2.45, 2.75) is 51.1 Å². The van der Waals surface area contributed by atoms with Crippen molar-refractivity contribution < 1.29 is 29.3 Å². The van der Waals surface area contributed by atoms with Crippen molar-refractivity contribution in [1.29, 1.82) is 0 Å². The number of allylic oxidation sites excluding steroid dienone is 1. The highest BCUT2D eigenvalue weighted by Crippen LogP contribution is 2.75. The van der Waals surface area contributed by atoms with Gasteiger partial charge in [-0.2, -0.15) is 0 Å². The summed E-state index contributed by atoms with van der Waals surface area (Å²) < 4.78 is 12.1. The first kappa shape index (κ1) is 22.8. The number of aliphatic hydroxyl groups is 2. The summed E-state index contributed by atoms with van der Waals surface area (Å²) in [5, 5.41) is 23.8. The van der Waals surface area contributed by atoms with Crippen molar-refractivity contribution >= 4 is 17.8 Å². The van der Waals surface area contributed by atoms with Gasteiger partial charge in [0, 0.05) is 35.7 Å². The van der Waals surface area contributed by atoms with Gasteiger partial charge in [0.25, 0.3) is 0 Å². The molecule has 7 nitrogen and oxygen atoms in total. The number of rotatable bonds is 3. The van der Waals surface area contributed by atoms with E-state index in [-0.39, 0.29) is 29.6 Å². The van der Waals surface area contributed by atoms with Gasteiger partial charge in [-0.1, -0.05) is 32.6 Å². The molecule has 0 radical (unpaired) electrons. The number of Topliss-reactive ketones (excluding diaryl/α,β-unsaturated/α-hetero) is 1. The molecule has 2 aliphatic heterocycles. The fourth-order valence-corrected chi connectivity index (χ4v) is 8.35. The van der Waals surface area contributed by atoms with Crippen LogP contribution in [-0.2, 0) is 19.1 Å². The normalized spacial score (nSPS) is 44.9. The summed E-state index contributed by atoms with van der Waals surface area (Å²) >= 11 is 0. The number of carbonyl (C=O) groups excluding carboxylic acids is 2. The molecular weight excluding hydrogens is 446 g/mol. The molecule has 2 N–H and O–H groups in total. The Bertz CT molecular complexity index is 1170. The lowest BCUT2D eigenvalue weighted by atomic mass is 9.37. The second-order valence-corrected chi connectivity index (χ2v) is 11.5. The first-order valence-electron chi connectivity index (χ1n) is 12.3. The standard InChI is InChI=1S/C28H31NO6/c1-16-18-6-7-19-26-12-4-11-25(2,3)21(26)23(32)28(33,34-15-26)27(19,22(16)31)24(18)35-20(30)8-5-17-9-13-29-14-10-17/h4-5,8-10,12-14,18-19,21,23-24,32-33H,1,6-7,11,15H2,2-3H3/b8-5+/t18-,19?,21?,23-,24+,26+,27-,28?/m0/s1. The molecule has 184 valence electrons. The van der Waals surface area contributed by atoms with Crippen LogP contribution in [0, 0.1) is 34.0 Å². The summed E-state index contributed by atoms with van der Waals surface area (Å²) in [6.07, 6.45) is 10.1. The zero-order valence-corrected chi connectivity index (χ0v) is 20.0. The quantitative estimate of drug-likeness (QED) is 0.392. The Morgan fingerprint density at radius 2 is 2.03 bits per heavy atom. The molecule has 3 heterocycles. The number of aliphatic hydroxyl groups excluding tert-OH is 1. The summed E-state index contributed by atoms with van der Waals surface area (Å²) in [6.45, 7) is 8.44. The summed E-state index contributed by atoms with van der Waals surface area (Å²) in [5.41, 5.74) is -1.42. The van der Waals surface area contributed by atoms with Crippen LogP contribution in [-0.4, -0.2) is 51.6 Å². The average Bonchev–Trinajstić information content (AvgIpc) is 2.94. The van der Waals surface area contributed by atoms with Crippen molar-refractivity contribution in [2.75, 3.05) is 6.61 Å². The first-order valence-corrected chi connectivity index (χ1v) is 12.3. The van der Waals surface area contributed by atoms with Gasteiger partial charge < -0.3 is 19.7 Å². The van der Waals surface area contributed by atoms with E-state index < -0.39 is 40.7 Å². The van der Waals surface area contributed by atoms with E-state index in [0.29, 0.717) is 18.4 Å². The SMILES string of the molecule is C=C1C(=O)[C@@]23C(CC[C@@H]1[C@H]2OC(=O)/C=C/c1ccncc1)[C@]12C=CCC(C)(C)C1[C@H](O)C3(O)OC2. The Labute approximate surface area is 204 Å². The minimum Gasteiger partial charge on any atom is -0.457 e. The lowest BCUT2D eigenvalue weighted by Gasteiger charge is -2.72. The molecule has 4 aliphatic carbocycles. The fraction of sp³-hybridized carbons (Fsp3) is 0.536. The minimum absolute atomic E-state index is 0.213. The highest BCUT2D eigenvalue weighted by Gasteiger charge is 2.86. The molecule has 8 atom stereocenters. The number of hydrogen-bond donors (Lipinski definition) is 2. The Morgan fingerprint density at radius 3 is 2.77 bits per heavy atom. The summed E-state index contributed by atoms with van der Waals surface area (Å²) in [7, 11) is 0. The number of aromatic nitrogens is 1. The van der Waals surface area contributed by atoms with Gasteiger partial charge in [-0.25, -0.2) is 4.79 Å². The smallest absolute Gasteiger partial charge is 0.331 e. The highest BCUT2D eigenvalue weighted by molar-refractivity contribution is 6.05. The number of fused-ring (bicyclic) bond motifs is 2. The van der Waals surface area contributed by atoms with Crippen LogP contribution in [0.25, 0.3) is 6.08 Å². The van der Waals surface area contributed by atoms with Gasteiger partial charge in [0.1, 0.15) is 17.6 Å². The zero-order valence-electron chi connectivity index (χ0n) is 20.0. The van der Waals surface area contributed by atoms with Crippen LogP contribution in [0.4, 0.5) is 0 Å². The Balaban J connectivity index is 1.45. The van der Waals surface area contributed by atoms with Crippen LogP contribution in [0.2, 0.25) is 0 Å². The van der Waals surface area contributed by atoms with E-state index in [1.165, 1.54) is 6.08 Å². The minimum atomic E-state index is -2.17. The third kappa shape index (κ3) is 2.64. The Morgan fingerprint density at radius 1 is 1.29 bits per heavy atom. The largest absolute Gasteiger partial charge is 0.457 e. The molecule has 3 unspecified atom stereocenters. The van der Waals surface area contributed by atoms with E-state index in [9.17, 15) is 19.8 Å². The van der Waals surface area contributed by atoms with Gasteiger partial charge in [0.05, 0.1) is 6.61 Å². The third-order valence-corrected chi connectivity index (χ3v) is 9.60. The molecule has 0 amide bonds. The van der Waals surface area contributed by atoms with E-state index in [0.717, 1.165) is 12.0 Å². The molecule has 1 aromatic heterocycles. The van der Waals surface area contributed by atoms with Gasteiger partial charge in [0.2, 0.25) is 5.79 Å². The summed E-state index contributed by atoms with van der Waals surface area (Å²) in [5.74, 6) is -4.20. The number of pyridine rings is 1. The second kappa shape index (κ2) is 7.21. The van der Waals surface area contributed by atoms with Crippen LogP contribution >= 0.6 is 0 Å². The molecule has 7 heteroatoms. The molecule has 3 saturated carbocycles. The van der Waals surface area contributed by atoms with Crippen LogP contribution in [0.5, 0.6) is 0 Å². The van der Waals surface area contributed by atoms with Crippen LogP contribution in [0.15, 0.2) is 54.9 Å². The van der Waals surface area contributed by atoms with Gasteiger partial charge >= 0.3 is 5.97 Å². The van der Waals surface area contributed by atoms with E-state index in [1.54, 1.807) is 30.6 Å². The topological polar surface area (TPSA) is 106 Å². The van der Waals surface area contributed by atoms with Crippen LogP contribution in [0.1, 0.15) is 38.7 Å². The molecule has 7 rings (SSSR count). The van der Waals surface area contributed by atoms with E-state index in [1.807, 2.05) is 0 Å². The van der Waals surface area contributed by atoms with Crippen molar-refractivity contribution in [1.82, 2.24) is 4.98 Å². The lowest BCUT2D eigenvalue weighted by molar-refractivity contribution is -0.436. The van der Waals surface area contributed by atoms with Crippen molar-refractivity contribution in [2.24, 2.45) is 34.0 Å². The molecular formula is C28H31NO6. The van der Waals surface area contributed by atoms with Crippen LogP contribution in [0.3, 0.4) is 0 Å². The van der Waals surface area contributed by atoms with Gasteiger partial charge in [-0.3, -0.25) is 9.78 Å². The lowest BCUT2D eigenvalue weighted by Crippen LogP contribution is -2.83. The number of hydrogen-bond acceptors (Lipinski definition) is 7.